The first-order chi connectivity index (χ1) is 17.0. The van der Waals surface area contributed by atoms with Gasteiger partial charge < -0.3 is 19.7 Å². The number of benzene rings is 2. The number of aryl methyl sites for hydroxylation is 1. The predicted molar refractivity (Wildman–Crippen MR) is 136 cm³/mol. The van der Waals surface area contributed by atoms with Crippen LogP contribution >= 0.6 is 0 Å². The third-order valence-electron chi connectivity index (χ3n) is 7.34. The van der Waals surface area contributed by atoms with Gasteiger partial charge >= 0.3 is 0 Å². The number of aromatic amines is 2. The molecule has 8 heteroatoms. The van der Waals surface area contributed by atoms with Gasteiger partial charge in [-0.25, -0.2) is 9.37 Å². The number of likely N-dealkylation sites (N-methyl/N-ethyl adjacent to an activating group) is 1. The minimum atomic E-state index is -0.225. The topological polar surface area (TPSA) is 67.1 Å². The van der Waals surface area contributed by atoms with Crippen molar-refractivity contribution in [3.05, 3.63) is 71.6 Å². The molecule has 0 radical (unpaired) electrons. The third-order valence-corrected chi connectivity index (χ3v) is 7.34. The highest BCUT2D eigenvalue weighted by atomic mass is 19.1. The van der Waals surface area contributed by atoms with Gasteiger partial charge in [-0.3, -0.25) is 5.10 Å². The van der Waals surface area contributed by atoms with E-state index >= 15 is 0 Å². The second-order valence-corrected chi connectivity index (χ2v) is 9.56. The number of nitrogens with zero attached hydrogens (tertiary/aromatic N) is 5. The smallest absolute Gasteiger partial charge is 0.159 e. The summed E-state index contributed by atoms with van der Waals surface area (Å²) in [7, 11) is 2.16. The normalized spacial score (nSPS) is 16.3. The summed E-state index contributed by atoms with van der Waals surface area (Å²) >= 11 is 0. The summed E-state index contributed by atoms with van der Waals surface area (Å²) in [5, 5.41) is 8.71. The molecule has 1 saturated heterocycles. The summed E-state index contributed by atoms with van der Waals surface area (Å²) in [6.07, 6.45) is 0.845. The van der Waals surface area contributed by atoms with Crippen LogP contribution in [-0.2, 0) is 19.5 Å². The number of halogens is 1. The molecule has 4 aromatic rings. The van der Waals surface area contributed by atoms with Crippen molar-refractivity contribution in [2.45, 2.75) is 26.4 Å². The van der Waals surface area contributed by atoms with Crippen LogP contribution in [0.4, 0.5) is 4.39 Å². The molecule has 2 aromatic carbocycles. The molecule has 0 amide bonds. The summed E-state index contributed by atoms with van der Waals surface area (Å²) in [6.45, 7) is 12.1. The molecule has 0 aliphatic carbocycles. The fourth-order valence-corrected chi connectivity index (χ4v) is 5.19. The third kappa shape index (κ3) is 3.87. The van der Waals surface area contributed by atoms with Crippen LogP contribution < -0.4 is 0 Å². The van der Waals surface area contributed by atoms with Gasteiger partial charge in [0.05, 0.1) is 35.8 Å². The van der Waals surface area contributed by atoms with Gasteiger partial charge in [0.1, 0.15) is 11.5 Å². The Morgan fingerprint density at radius 1 is 1.06 bits per heavy atom. The van der Waals surface area contributed by atoms with Crippen molar-refractivity contribution in [2.75, 3.05) is 33.2 Å². The quantitative estimate of drug-likeness (QED) is 0.453. The predicted octanol–water partition coefficient (Wildman–Crippen LogP) is 4.36. The van der Waals surface area contributed by atoms with Crippen molar-refractivity contribution in [3.63, 3.8) is 0 Å². The Bertz CT molecular complexity index is 1390. The number of hydrogen-bond donors (Lipinski definition) is 2. The molecule has 35 heavy (non-hydrogen) atoms. The van der Waals surface area contributed by atoms with E-state index in [2.05, 4.69) is 50.4 Å². The maximum absolute atomic E-state index is 13.9. The van der Waals surface area contributed by atoms with Crippen molar-refractivity contribution >= 4 is 10.9 Å². The lowest BCUT2D eigenvalue weighted by Crippen LogP contribution is -2.46. The second kappa shape index (κ2) is 8.53. The lowest BCUT2D eigenvalue weighted by molar-refractivity contribution is 0.138. The van der Waals surface area contributed by atoms with E-state index < -0.39 is 0 Å². The summed E-state index contributed by atoms with van der Waals surface area (Å²) in [6, 6.07) is 11.1. The standard InChI is InChI=1S/C27H30FN7/c1-4-18-5-7-20(28)14-22(18)19-6-8-21-23(13-19)31-32-26(21)27-29-24-15-35(16-25(24)30-27)17(2)34-11-9-33(3)10-12-34/h5-8,13-14H,2,4,9-12,15-16H2,1,3H3,(H,29,30)(H,31,32). The molecule has 0 unspecified atom stereocenters. The zero-order valence-electron chi connectivity index (χ0n) is 20.2. The highest BCUT2D eigenvalue weighted by Crippen LogP contribution is 2.33. The average Bonchev–Trinajstić information content (AvgIpc) is 3.56. The van der Waals surface area contributed by atoms with Crippen LogP contribution in [0.1, 0.15) is 23.9 Å². The van der Waals surface area contributed by atoms with E-state index in [1.165, 1.54) is 6.07 Å². The number of rotatable bonds is 5. The average molecular weight is 472 g/mol. The Balaban J connectivity index is 1.23. The molecule has 0 spiro atoms. The van der Waals surface area contributed by atoms with E-state index in [1.54, 1.807) is 6.07 Å². The van der Waals surface area contributed by atoms with Crippen molar-refractivity contribution in [1.29, 1.82) is 0 Å². The first-order valence-corrected chi connectivity index (χ1v) is 12.2. The summed E-state index contributed by atoms with van der Waals surface area (Å²) in [5.74, 6) is 1.63. The monoisotopic (exact) mass is 471 g/mol. The summed E-state index contributed by atoms with van der Waals surface area (Å²) in [4.78, 5) is 15.4. The SMILES string of the molecule is C=C(N1CCN(C)CC1)N1Cc2nc(-c3n[nH]c4cc(-c5cc(F)ccc5CC)ccc34)[nH]c2C1. The van der Waals surface area contributed by atoms with E-state index in [1.807, 2.05) is 24.3 Å². The molecule has 6 rings (SSSR count). The Hall–Kier alpha value is -3.65. The summed E-state index contributed by atoms with van der Waals surface area (Å²) in [5.41, 5.74) is 6.90. The Kier molecular flexibility index (Phi) is 5.33. The second-order valence-electron chi connectivity index (χ2n) is 9.56. The van der Waals surface area contributed by atoms with Crippen LogP contribution in [0.25, 0.3) is 33.5 Å². The van der Waals surface area contributed by atoms with Crippen molar-refractivity contribution in [2.24, 2.45) is 0 Å². The molecular formula is C27H30FN7. The number of imidazole rings is 1. The van der Waals surface area contributed by atoms with Crippen molar-refractivity contribution in [3.8, 4) is 22.6 Å². The highest BCUT2D eigenvalue weighted by molar-refractivity contribution is 5.94. The zero-order valence-corrected chi connectivity index (χ0v) is 20.2. The first-order valence-electron chi connectivity index (χ1n) is 12.2. The number of piperazine rings is 1. The minimum Gasteiger partial charge on any atom is -0.356 e. The largest absolute Gasteiger partial charge is 0.356 e. The maximum atomic E-state index is 13.9. The number of H-pyrrole nitrogens is 2. The van der Waals surface area contributed by atoms with Gasteiger partial charge in [0, 0.05) is 31.6 Å². The van der Waals surface area contributed by atoms with Gasteiger partial charge in [-0.15, -0.1) is 0 Å². The van der Waals surface area contributed by atoms with Crippen LogP contribution in [-0.4, -0.2) is 68.1 Å². The Labute approximate surface area is 204 Å². The molecule has 2 aromatic heterocycles. The molecule has 0 saturated carbocycles. The van der Waals surface area contributed by atoms with E-state index in [-0.39, 0.29) is 5.82 Å². The molecule has 0 bridgehead atoms. The fourth-order valence-electron chi connectivity index (χ4n) is 5.19. The van der Waals surface area contributed by atoms with Crippen molar-refractivity contribution < 1.29 is 4.39 Å². The number of aromatic nitrogens is 4. The summed E-state index contributed by atoms with van der Waals surface area (Å²) < 4.78 is 13.9. The Morgan fingerprint density at radius 3 is 2.66 bits per heavy atom. The van der Waals surface area contributed by atoms with Gasteiger partial charge in [0.2, 0.25) is 0 Å². The molecular weight excluding hydrogens is 441 g/mol. The van der Waals surface area contributed by atoms with Crippen LogP contribution in [0.3, 0.4) is 0 Å². The van der Waals surface area contributed by atoms with E-state index in [0.29, 0.717) is 0 Å². The fraction of sp³-hybridized carbons (Fsp3) is 0.333. The van der Waals surface area contributed by atoms with Crippen LogP contribution in [0.2, 0.25) is 0 Å². The minimum absolute atomic E-state index is 0.225. The molecule has 0 atom stereocenters. The maximum Gasteiger partial charge on any atom is 0.159 e. The molecule has 2 N–H and O–H groups in total. The van der Waals surface area contributed by atoms with E-state index in [4.69, 9.17) is 4.98 Å². The number of hydrogen-bond acceptors (Lipinski definition) is 5. The van der Waals surface area contributed by atoms with Crippen LogP contribution in [0.15, 0.2) is 48.8 Å². The lowest BCUT2D eigenvalue weighted by atomic mass is 9.97. The number of fused-ring (bicyclic) bond motifs is 2. The molecule has 1 fully saturated rings. The Morgan fingerprint density at radius 2 is 1.89 bits per heavy atom. The van der Waals surface area contributed by atoms with Crippen LogP contribution in [0, 0.1) is 5.82 Å². The molecule has 180 valence electrons. The zero-order chi connectivity index (χ0) is 24.1. The van der Waals surface area contributed by atoms with Gasteiger partial charge in [0.25, 0.3) is 0 Å². The molecule has 2 aliphatic rings. The van der Waals surface area contributed by atoms with Gasteiger partial charge in [0.15, 0.2) is 5.82 Å². The van der Waals surface area contributed by atoms with Gasteiger partial charge in [-0.1, -0.05) is 25.6 Å². The molecule has 2 aliphatic heterocycles. The first kappa shape index (κ1) is 21.9. The van der Waals surface area contributed by atoms with E-state index in [9.17, 15) is 4.39 Å². The van der Waals surface area contributed by atoms with Crippen LogP contribution in [0.5, 0.6) is 0 Å². The molecule has 4 heterocycles. The molecule has 7 nitrogen and oxygen atoms in total. The lowest BCUT2D eigenvalue weighted by Gasteiger charge is -2.38. The van der Waals surface area contributed by atoms with Crippen molar-refractivity contribution in [1.82, 2.24) is 34.9 Å². The highest BCUT2D eigenvalue weighted by Gasteiger charge is 2.28. The van der Waals surface area contributed by atoms with E-state index in [0.717, 1.165) is 102 Å². The number of nitrogens with one attached hydrogen (secondary N) is 2. The van der Waals surface area contributed by atoms with Gasteiger partial charge in [-0.05, 0) is 54.4 Å². The van der Waals surface area contributed by atoms with Gasteiger partial charge in [-0.2, -0.15) is 5.10 Å².